The monoisotopic (exact) mass is 272 g/mol. The van der Waals surface area contributed by atoms with E-state index in [1.807, 2.05) is 31.2 Å². The first kappa shape index (κ1) is 13.9. The SMILES string of the molecule is COc1cc(COc2ccc(C)cc2)ccc1C(=O)O. The van der Waals surface area contributed by atoms with Crippen LogP contribution in [0.3, 0.4) is 0 Å². The van der Waals surface area contributed by atoms with Crippen LogP contribution < -0.4 is 9.47 Å². The lowest BCUT2D eigenvalue weighted by molar-refractivity contribution is 0.0693. The van der Waals surface area contributed by atoms with Gasteiger partial charge in [0, 0.05) is 0 Å². The number of rotatable bonds is 5. The number of hydrogen-bond acceptors (Lipinski definition) is 3. The van der Waals surface area contributed by atoms with Gasteiger partial charge in [-0.2, -0.15) is 0 Å². The Morgan fingerprint density at radius 2 is 1.85 bits per heavy atom. The van der Waals surface area contributed by atoms with Crippen molar-refractivity contribution in [3.63, 3.8) is 0 Å². The van der Waals surface area contributed by atoms with Crippen molar-refractivity contribution in [2.24, 2.45) is 0 Å². The minimum Gasteiger partial charge on any atom is -0.496 e. The highest BCUT2D eigenvalue weighted by atomic mass is 16.5. The standard InChI is InChI=1S/C16H16O4/c1-11-3-6-13(7-4-11)20-10-12-5-8-14(16(17)18)15(9-12)19-2/h3-9H,10H2,1-2H3,(H,17,18). The summed E-state index contributed by atoms with van der Waals surface area (Å²) in [6, 6.07) is 12.7. The van der Waals surface area contributed by atoms with Gasteiger partial charge in [0.1, 0.15) is 23.7 Å². The Balaban J connectivity index is 2.10. The molecule has 0 bridgehead atoms. The molecule has 0 unspecified atom stereocenters. The Morgan fingerprint density at radius 3 is 2.45 bits per heavy atom. The van der Waals surface area contributed by atoms with Gasteiger partial charge in [-0.1, -0.05) is 23.8 Å². The Hall–Kier alpha value is -2.49. The predicted octanol–water partition coefficient (Wildman–Crippen LogP) is 3.28. The van der Waals surface area contributed by atoms with Gasteiger partial charge in [0.25, 0.3) is 0 Å². The lowest BCUT2D eigenvalue weighted by Crippen LogP contribution is -2.02. The second kappa shape index (κ2) is 6.10. The molecular formula is C16H16O4. The topological polar surface area (TPSA) is 55.8 Å². The molecule has 104 valence electrons. The molecule has 20 heavy (non-hydrogen) atoms. The van der Waals surface area contributed by atoms with Gasteiger partial charge in [-0.25, -0.2) is 4.79 Å². The first-order chi connectivity index (χ1) is 9.60. The highest BCUT2D eigenvalue weighted by molar-refractivity contribution is 5.90. The highest BCUT2D eigenvalue weighted by Gasteiger charge is 2.11. The molecule has 2 rings (SSSR count). The number of aryl methyl sites for hydroxylation is 1. The zero-order valence-corrected chi connectivity index (χ0v) is 11.4. The molecule has 0 saturated carbocycles. The fraction of sp³-hybridized carbons (Fsp3) is 0.188. The number of benzene rings is 2. The summed E-state index contributed by atoms with van der Waals surface area (Å²) in [5, 5.41) is 9.01. The van der Waals surface area contributed by atoms with Crippen molar-refractivity contribution < 1.29 is 19.4 Å². The molecule has 2 aromatic carbocycles. The fourth-order valence-corrected chi connectivity index (χ4v) is 1.80. The van der Waals surface area contributed by atoms with Gasteiger partial charge in [0.15, 0.2) is 0 Å². The van der Waals surface area contributed by atoms with E-state index < -0.39 is 5.97 Å². The molecular weight excluding hydrogens is 256 g/mol. The summed E-state index contributed by atoms with van der Waals surface area (Å²) >= 11 is 0. The number of carboxylic acid groups (broad SMARTS) is 1. The maximum atomic E-state index is 11.0. The third-order valence-corrected chi connectivity index (χ3v) is 2.92. The Kier molecular flexibility index (Phi) is 4.25. The van der Waals surface area contributed by atoms with Crippen LogP contribution in [0.25, 0.3) is 0 Å². The summed E-state index contributed by atoms with van der Waals surface area (Å²) in [4.78, 5) is 11.0. The van der Waals surface area contributed by atoms with Crippen LogP contribution in [0.5, 0.6) is 11.5 Å². The van der Waals surface area contributed by atoms with Gasteiger partial charge in [-0.05, 0) is 36.8 Å². The molecule has 0 heterocycles. The molecule has 1 N–H and O–H groups in total. The fourth-order valence-electron chi connectivity index (χ4n) is 1.80. The summed E-state index contributed by atoms with van der Waals surface area (Å²) in [6.45, 7) is 2.37. The number of hydrogen-bond donors (Lipinski definition) is 1. The lowest BCUT2D eigenvalue weighted by atomic mass is 10.1. The molecule has 0 radical (unpaired) electrons. The van der Waals surface area contributed by atoms with E-state index in [2.05, 4.69) is 0 Å². The number of methoxy groups -OCH3 is 1. The summed E-state index contributed by atoms with van der Waals surface area (Å²) in [6.07, 6.45) is 0. The predicted molar refractivity (Wildman–Crippen MR) is 75.5 cm³/mol. The van der Waals surface area contributed by atoms with Gasteiger partial charge in [0.2, 0.25) is 0 Å². The van der Waals surface area contributed by atoms with E-state index in [1.165, 1.54) is 18.7 Å². The largest absolute Gasteiger partial charge is 0.496 e. The van der Waals surface area contributed by atoms with Crippen molar-refractivity contribution >= 4 is 5.97 Å². The molecule has 0 amide bonds. The van der Waals surface area contributed by atoms with Crippen LogP contribution in [-0.2, 0) is 6.61 Å². The summed E-state index contributed by atoms with van der Waals surface area (Å²) in [5.74, 6) is 0.104. The average Bonchev–Trinajstić information content (AvgIpc) is 2.46. The Bertz CT molecular complexity index is 602. The summed E-state index contributed by atoms with van der Waals surface area (Å²) in [7, 11) is 1.45. The molecule has 2 aromatic rings. The van der Waals surface area contributed by atoms with Gasteiger partial charge in [0.05, 0.1) is 7.11 Å². The van der Waals surface area contributed by atoms with E-state index in [0.29, 0.717) is 12.4 Å². The zero-order chi connectivity index (χ0) is 14.5. The molecule has 0 aromatic heterocycles. The number of aromatic carboxylic acids is 1. The van der Waals surface area contributed by atoms with Crippen molar-refractivity contribution in [1.82, 2.24) is 0 Å². The molecule has 0 fully saturated rings. The third-order valence-electron chi connectivity index (χ3n) is 2.92. The van der Waals surface area contributed by atoms with Crippen molar-refractivity contribution in [3.8, 4) is 11.5 Å². The molecule has 0 atom stereocenters. The molecule has 0 aliphatic rings. The van der Waals surface area contributed by atoms with E-state index in [1.54, 1.807) is 12.1 Å². The van der Waals surface area contributed by atoms with Gasteiger partial charge in [-0.15, -0.1) is 0 Å². The molecule has 0 aliphatic heterocycles. The second-order valence-electron chi connectivity index (χ2n) is 4.44. The first-order valence-corrected chi connectivity index (χ1v) is 6.20. The van der Waals surface area contributed by atoms with Crippen molar-refractivity contribution in [1.29, 1.82) is 0 Å². The van der Waals surface area contributed by atoms with Gasteiger partial charge >= 0.3 is 5.97 Å². The summed E-state index contributed by atoms with van der Waals surface area (Å²) in [5.41, 5.74) is 2.17. The molecule has 0 aliphatic carbocycles. The lowest BCUT2D eigenvalue weighted by Gasteiger charge is -2.09. The summed E-state index contributed by atoms with van der Waals surface area (Å²) < 4.78 is 10.7. The molecule has 4 nitrogen and oxygen atoms in total. The Labute approximate surface area is 117 Å². The van der Waals surface area contributed by atoms with Crippen LogP contribution in [-0.4, -0.2) is 18.2 Å². The van der Waals surface area contributed by atoms with Gasteiger partial charge in [-0.3, -0.25) is 0 Å². The van der Waals surface area contributed by atoms with Crippen molar-refractivity contribution in [2.75, 3.05) is 7.11 Å². The smallest absolute Gasteiger partial charge is 0.339 e. The van der Waals surface area contributed by atoms with Crippen LogP contribution >= 0.6 is 0 Å². The normalized spacial score (nSPS) is 10.1. The third kappa shape index (κ3) is 3.29. The molecule has 0 saturated heterocycles. The molecule has 0 spiro atoms. The van der Waals surface area contributed by atoms with E-state index in [4.69, 9.17) is 14.6 Å². The minimum atomic E-state index is -1.01. The van der Waals surface area contributed by atoms with E-state index in [9.17, 15) is 4.79 Å². The van der Waals surface area contributed by atoms with E-state index >= 15 is 0 Å². The van der Waals surface area contributed by atoms with E-state index in [0.717, 1.165) is 11.3 Å². The Morgan fingerprint density at radius 1 is 1.15 bits per heavy atom. The number of carboxylic acids is 1. The maximum Gasteiger partial charge on any atom is 0.339 e. The zero-order valence-electron chi connectivity index (χ0n) is 11.4. The quantitative estimate of drug-likeness (QED) is 0.907. The van der Waals surface area contributed by atoms with Crippen LogP contribution in [0.1, 0.15) is 21.5 Å². The maximum absolute atomic E-state index is 11.0. The molecule has 4 heteroatoms. The van der Waals surface area contributed by atoms with Crippen LogP contribution in [0, 0.1) is 6.92 Å². The minimum absolute atomic E-state index is 0.145. The highest BCUT2D eigenvalue weighted by Crippen LogP contribution is 2.21. The van der Waals surface area contributed by atoms with E-state index in [-0.39, 0.29) is 5.56 Å². The number of ether oxygens (including phenoxy) is 2. The average molecular weight is 272 g/mol. The van der Waals surface area contributed by atoms with Crippen LogP contribution in [0.2, 0.25) is 0 Å². The first-order valence-electron chi connectivity index (χ1n) is 6.20. The van der Waals surface area contributed by atoms with Crippen molar-refractivity contribution in [3.05, 3.63) is 59.2 Å². The van der Waals surface area contributed by atoms with Gasteiger partial charge < -0.3 is 14.6 Å². The van der Waals surface area contributed by atoms with Crippen LogP contribution in [0.4, 0.5) is 0 Å². The number of carbonyl (C=O) groups is 1. The second-order valence-corrected chi connectivity index (χ2v) is 4.44. The van der Waals surface area contributed by atoms with Crippen LogP contribution in [0.15, 0.2) is 42.5 Å². The van der Waals surface area contributed by atoms with Crippen molar-refractivity contribution in [2.45, 2.75) is 13.5 Å².